The van der Waals surface area contributed by atoms with Crippen LogP contribution in [0.15, 0.2) is 6.07 Å². The number of hydrogen-bond donors (Lipinski definition) is 1. The zero-order valence-electron chi connectivity index (χ0n) is 10.7. The Bertz CT molecular complexity index is 512. The SMILES string of the molecule is NCc1cc2c(nc1OC(C(F)(F)F)C(F)(F)F)CCC2. The quantitative estimate of drug-likeness (QED) is 0.873. The molecule has 0 amide bonds. The molecule has 2 rings (SSSR count). The molecule has 21 heavy (non-hydrogen) atoms. The Morgan fingerprint density at radius 3 is 2.29 bits per heavy atom. The molecule has 0 saturated heterocycles. The van der Waals surface area contributed by atoms with Gasteiger partial charge >= 0.3 is 12.4 Å². The standard InChI is InChI=1S/C12H12F6N2O/c13-11(14,15)10(12(16,17)18)21-9-7(5-19)4-6-2-1-3-8(6)20-9/h4,10H,1-3,5,19H2. The van der Waals surface area contributed by atoms with Gasteiger partial charge in [-0.2, -0.15) is 26.3 Å². The van der Waals surface area contributed by atoms with E-state index in [0.717, 1.165) is 12.0 Å². The number of fused-ring (bicyclic) bond motifs is 1. The van der Waals surface area contributed by atoms with Crippen molar-refractivity contribution in [3.63, 3.8) is 0 Å². The molecular formula is C12H12F6N2O. The maximum absolute atomic E-state index is 12.5. The lowest BCUT2D eigenvalue weighted by molar-refractivity contribution is -0.300. The van der Waals surface area contributed by atoms with Crippen LogP contribution in [0.25, 0.3) is 0 Å². The van der Waals surface area contributed by atoms with Crippen LogP contribution in [-0.4, -0.2) is 23.4 Å². The molecule has 0 aliphatic heterocycles. The summed E-state index contributed by atoms with van der Waals surface area (Å²) in [4.78, 5) is 3.79. The van der Waals surface area contributed by atoms with E-state index in [1.54, 1.807) is 0 Å². The molecule has 1 aliphatic carbocycles. The van der Waals surface area contributed by atoms with Crippen molar-refractivity contribution in [3.8, 4) is 5.88 Å². The molecule has 9 heteroatoms. The topological polar surface area (TPSA) is 48.1 Å². The molecule has 1 heterocycles. The van der Waals surface area contributed by atoms with Gasteiger partial charge in [-0.3, -0.25) is 0 Å². The molecule has 1 aromatic rings. The second-order valence-electron chi connectivity index (χ2n) is 4.70. The van der Waals surface area contributed by atoms with E-state index in [0.29, 0.717) is 18.5 Å². The normalized spacial score (nSPS) is 15.4. The number of nitrogens with two attached hydrogens (primary N) is 1. The van der Waals surface area contributed by atoms with Crippen LogP contribution in [0.4, 0.5) is 26.3 Å². The summed E-state index contributed by atoms with van der Waals surface area (Å²) in [5, 5.41) is 0. The minimum atomic E-state index is -5.58. The third-order valence-corrected chi connectivity index (χ3v) is 3.13. The first-order valence-corrected chi connectivity index (χ1v) is 6.14. The molecule has 0 saturated carbocycles. The zero-order valence-corrected chi connectivity index (χ0v) is 10.7. The van der Waals surface area contributed by atoms with Crippen molar-refractivity contribution in [2.45, 2.75) is 44.3 Å². The van der Waals surface area contributed by atoms with Crippen LogP contribution in [0.5, 0.6) is 5.88 Å². The number of halogens is 6. The zero-order chi connectivity index (χ0) is 15.8. The fourth-order valence-electron chi connectivity index (χ4n) is 2.18. The highest BCUT2D eigenvalue weighted by molar-refractivity contribution is 5.37. The van der Waals surface area contributed by atoms with E-state index >= 15 is 0 Å². The predicted molar refractivity (Wildman–Crippen MR) is 60.7 cm³/mol. The highest BCUT2D eigenvalue weighted by atomic mass is 19.4. The van der Waals surface area contributed by atoms with Gasteiger partial charge in [-0.05, 0) is 30.9 Å². The summed E-state index contributed by atoms with van der Waals surface area (Å²) in [5.41, 5.74) is 6.65. The molecular weight excluding hydrogens is 302 g/mol. The number of nitrogens with zero attached hydrogens (tertiary/aromatic N) is 1. The Kier molecular flexibility index (Phi) is 4.05. The van der Waals surface area contributed by atoms with Crippen molar-refractivity contribution in [3.05, 3.63) is 22.9 Å². The largest absolute Gasteiger partial charge is 0.454 e. The smallest absolute Gasteiger partial charge is 0.434 e. The highest BCUT2D eigenvalue weighted by Gasteiger charge is 2.59. The first-order valence-electron chi connectivity index (χ1n) is 6.14. The van der Waals surface area contributed by atoms with E-state index in [9.17, 15) is 26.3 Å². The van der Waals surface area contributed by atoms with Crippen molar-refractivity contribution in [1.29, 1.82) is 0 Å². The van der Waals surface area contributed by atoms with Crippen LogP contribution in [-0.2, 0) is 19.4 Å². The van der Waals surface area contributed by atoms with Gasteiger partial charge in [0.1, 0.15) is 0 Å². The van der Waals surface area contributed by atoms with E-state index in [1.165, 1.54) is 6.07 Å². The van der Waals surface area contributed by atoms with E-state index in [4.69, 9.17) is 5.73 Å². The third-order valence-electron chi connectivity index (χ3n) is 3.13. The lowest BCUT2D eigenvalue weighted by atomic mass is 10.1. The minimum absolute atomic E-state index is 0.0362. The van der Waals surface area contributed by atoms with Crippen LogP contribution >= 0.6 is 0 Å². The molecule has 118 valence electrons. The van der Waals surface area contributed by atoms with Gasteiger partial charge in [0.05, 0.1) is 0 Å². The van der Waals surface area contributed by atoms with Crippen LogP contribution in [0.3, 0.4) is 0 Å². The summed E-state index contributed by atoms with van der Waals surface area (Å²) in [7, 11) is 0. The van der Waals surface area contributed by atoms with Gasteiger partial charge in [0.25, 0.3) is 6.10 Å². The number of aryl methyl sites for hydroxylation is 2. The van der Waals surface area contributed by atoms with Gasteiger partial charge in [-0.25, -0.2) is 4.98 Å². The average molecular weight is 314 g/mol. The molecule has 0 aromatic carbocycles. The molecule has 2 N–H and O–H groups in total. The number of pyridine rings is 1. The fourth-order valence-corrected chi connectivity index (χ4v) is 2.18. The number of rotatable bonds is 3. The van der Waals surface area contributed by atoms with Crippen molar-refractivity contribution in [2.24, 2.45) is 5.73 Å². The summed E-state index contributed by atoms with van der Waals surface area (Å²) < 4.78 is 79.2. The van der Waals surface area contributed by atoms with E-state index in [1.807, 2.05) is 0 Å². The highest BCUT2D eigenvalue weighted by Crippen LogP contribution is 2.37. The maximum atomic E-state index is 12.5. The van der Waals surface area contributed by atoms with E-state index in [-0.39, 0.29) is 12.1 Å². The number of hydrogen-bond acceptors (Lipinski definition) is 3. The van der Waals surface area contributed by atoms with Gasteiger partial charge in [0, 0.05) is 17.8 Å². The summed E-state index contributed by atoms with van der Waals surface area (Å²) in [5.74, 6) is -0.696. The fraction of sp³-hybridized carbons (Fsp3) is 0.583. The Balaban J connectivity index is 2.37. The monoisotopic (exact) mass is 314 g/mol. The Morgan fingerprint density at radius 2 is 1.76 bits per heavy atom. The van der Waals surface area contributed by atoms with E-state index < -0.39 is 24.3 Å². The summed E-state index contributed by atoms with van der Waals surface area (Å²) >= 11 is 0. The van der Waals surface area contributed by atoms with Gasteiger partial charge in [-0.15, -0.1) is 0 Å². The number of aromatic nitrogens is 1. The molecule has 1 aromatic heterocycles. The van der Waals surface area contributed by atoms with Crippen LogP contribution in [0.2, 0.25) is 0 Å². The first-order chi connectivity index (χ1) is 9.63. The molecule has 0 atom stereocenters. The summed E-state index contributed by atoms with van der Waals surface area (Å²) in [6.45, 7) is -0.252. The molecule has 1 aliphatic rings. The lowest BCUT2D eigenvalue weighted by Crippen LogP contribution is -2.47. The van der Waals surface area contributed by atoms with Crippen molar-refractivity contribution in [2.75, 3.05) is 0 Å². The van der Waals surface area contributed by atoms with Gasteiger partial charge in [0.2, 0.25) is 5.88 Å². The van der Waals surface area contributed by atoms with Crippen molar-refractivity contribution >= 4 is 0 Å². The van der Waals surface area contributed by atoms with Gasteiger partial charge in [-0.1, -0.05) is 0 Å². The van der Waals surface area contributed by atoms with Gasteiger partial charge < -0.3 is 10.5 Å². The van der Waals surface area contributed by atoms with Crippen LogP contribution in [0.1, 0.15) is 23.2 Å². The molecule has 0 bridgehead atoms. The molecule has 0 fully saturated rings. The van der Waals surface area contributed by atoms with Crippen molar-refractivity contribution < 1.29 is 31.1 Å². The molecule has 0 radical (unpaired) electrons. The molecule has 0 unspecified atom stereocenters. The van der Waals surface area contributed by atoms with Gasteiger partial charge in [0.15, 0.2) is 0 Å². The number of ether oxygens (including phenoxy) is 1. The molecule has 3 nitrogen and oxygen atoms in total. The third kappa shape index (κ3) is 3.39. The average Bonchev–Trinajstić information content (AvgIpc) is 2.78. The summed E-state index contributed by atoms with van der Waals surface area (Å²) in [6, 6.07) is 1.47. The molecule has 0 spiro atoms. The Labute approximate surface area is 116 Å². The number of alkyl halides is 6. The second kappa shape index (κ2) is 5.36. The lowest BCUT2D eigenvalue weighted by Gasteiger charge is -2.24. The van der Waals surface area contributed by atoms with E-state index in [2.05, 4.69) is 9.72 Å². The summed E-state index contributed by atoms with van der Waals surface area (Å²) in [6.07, 6.45) is -13.1. The first kappa shape index (κ1) is 15.9. The van der Waals surface area contributed by atoms with Crippen LogP contribution < -0.4 is 10.5 Å². The second-order valence-corrected chi connectivity index (χ2v) is 4.70. The Morgan fingerprint density at radius 1 is 1.14 bits per heavy atom. The Hall–Kier alpha value is -1.51. The van der Waals surface area contributed by atoms with Crippen molar-refractivity contribution in [1.82, 2.24) is 4.98 Å². The minimum Gasteiger partial charge on any atom is -0.454 e. The maximum Gasteiger partial charge on any atom is 0.434 e. The van der Waals surface area contributed by atoms with Crippen LogP contribution in [0, 0.1) is 0 Å². The predicted octanol–water partition coefficient (Wildman–Crippen LogP) is 2.90.